The summed E-state index contributed by atoms with van der Waals surface area (Å²) in [6, 6.07) is 15.0. The van der Waals surface area contributed by atoms with Gasteiger partial charge in [0.1, 0.15) is 5.75 Å². The van der Waals surface area contributed by atoms with Crippen LogP contribution in [0.2, 0.25) is 0 Å². The standard InChI is InChI=1S/C23H13Br2N3O7S/c24-15-5-7-19(35-20-8-6-16(27(31)32)11-18(20)28(33)34)14(9-15)10-21-22(29)26(23(30)36-21)12-13-3-1-2-4-17(13)25/h1-11H,12H2/b21-10-. The fraction of sp³-hybridized carbons (Fsp3) is 0.0435. The first kappa shape index (κ1) is 25.5. The monoisotopic (exact) mass is 633 g/mol. The molecule has 1 aliphatic rings. The van der Waals surface area contributed by atoms with Crippen molar-refractivity contribution in [2.45, 2.75) is 6.54 Å². The van der Waals surface area contributed by atoms with Gasteiger partial charge in [-0.15, -0.1) is 0 Å². The number of non-ortho nitro benzene ring substituents is 1. The van der Waals surface area contributed by atoms with Gasteiger partial charge in [0, 0.05) is 20.6 Å². The lowest BCUT2D eigenvalue weighted by Gasteiger charge is -2.13. The first-order valence-corrected chi connectivity index (χ1v) is 12.4. The Morgan fingerprint density at radius 2 is 1.67 bits per heavy atom. The number of imide groups is 1. The normalized spacial score (nSPS) is 14.4. The van der Waals surface area contributed by atoms with Gasteiger partial charge in [-0.2, -0.15) is 0 Å². The van der Waals surface area contributed by atoms with E-state index in [0.29, 0.717) is 10.0 Å². The number of nitrogens with zero attached hydrogens (tertiary/aromatic N) is 3. The van der Waals surface area contributed by atoms with Gasteiger partial charge in [0.05, 0.1) is 27.4 Å². The third kappa shape index (κ3) is 5.48. The number of carbonyl (C=O) groups excluding carboxylic acids is 2. The fourth-order valence-electron chi connectivity index (χ4n) is 3.27. The maximum absolute atomic E-state index is 13.0. The number of benzene rings is 3. The van der Waals surface area contributed by atoms with Gasteiger partial charge >= 0.3 is 5.69 Å². The molecule has 3 aromatic rings. The predicted octanol–water partition coefficient (Wildman–Crippen LogP) is 7.06. The second-order valence-corrected chi connectivity index (χ2v) is 10.1. The van der Waals surface area contributed by atoms with E-state index in [-0.39, 0.29) is 22.9 Å². The number of nitro benzene ring substituents is 2. The summed E-state index contributed by atoms with van der Waals surface area (Å²) < 4.78 is 7.14. The molecule has 2 amide bonds. The molecule has 10 nitrogen and oxygen atoms in total. The molecule has 0 spiro atoms. The molecule has 0 atom stereocenters. The van der Waals surface area contributed by atoms with Gasteiger partial charge in [-0.05, 0) is 53.7 Å². The van der Waals surface area contributed by atoms with Crippen LogP contribution in [0.3, 0.4) is 0 Å². The van der Waals surface area contributed by atoms with Crippen LogP contribution >= 0.6 is 43.6 Å². The zero-order valence-corrected chi connectivity index (χ0v) is 21.9. The molecule has 0 aromatic heterocycles. The Hall–Kier alpha value is -3.55. The Morgan fingerprint density at radius 3 is 2.36 bits per heavy atom. The highest BCUT2D eigenvalue weighted by Gasteiger charge is 2.35. The second-order valence-electron chi connectivity index (χ2n) is 7.31. The summed E-state index contributed by atoms with van der Waals surface area (Å²) in [6.45, 7) is 0.0836. The molecule has 182 valence electrons. The van der Waals surface area contributed by atoms with E-state index in [1.165, 1.54) is 12.1 Å². The van der Waals surface area contributed by atoms with Crippen molar-refractivity contribution in [1.82, 2.24) is 4.90 Å². The molecule has 0 saturated carbocycles. The third-order valence-corrected chi connectivity index (χ3v) is 7.16. The van der Waals surface area contributed by atoms with E-state index in [0.717, 1.165) is 44.9 Å². The lowest BCUT2D eigenvalue weighted by molar-refractivity contribution is -0.394. The van der Waals surface area contributed by atoms with Crippen molar-refractivity contribution in [1.29, 1.82) is 0 Å². The number of carbonyl (C=O) groups is 2. The Morgan fingerprint density at radius 1 is 0.944 bits per heavy atom. The number of ether oxygens (including phenoxy) is 1. The molecule has 1 aliphatic heterocycles. The lowest BCUT2D eigenvalue weighted by atomic mass is 10.1. The summed E-state index contributed by atoms with van der Waals surface area (Å²) in [5.41, 5.74) is 0.0806. The van der Waals surface area contributed by atoms with Gasteiger partial charge in [0.25, 0.3) is 16.8 Å². The molecule has 36 heavy (non-hydrogen) atoms. The van der Waals surface area contributed by atoms with Crippen molar-refractivity contribution >= 4 is 72.2 Å². The van der Waals surface area contributed by atoms with E-state index >= 15 is 0 Å². The zero-order chi connectivity index (χ0) is 26.0. The summed E-state index contributed by atoms with van der Waals surface area (Å²) in [5.74, 6) is -0.564. The number of thioether (sulfide) groups is 1. The Bertz CT molecular complexity index is 1460. The van der Waals surface area contributed by atoms with Crippen LogP contribution in [0.4, 0.5) is 16.2 Å². The van der Waals surface area contributed by atoms with E-state index in [9.17, 15) is 29.8 Å². The maximum Gasteiger partial charge on any atom is 0.318 e. The molecule has 0 unspecified atom stereocenters. The van der Waals surface area contributed by atoms with E-state index in [1.54, 1.807) is 24.3 Å². The SMILES string of the molecule is O=C1S/C(=C\c2cc(Br)ccc2Oc2ccc([N+](=O)[O-])cc2[N+](=O)[O-])C(=O)N1Cc1ccccc1Br. The summed E-state index contributed by atoms with van der Waals surface area (Å²) >= 11 is 7.52. The minimum Gasteiger partial charge on any atom is -0.449 e. The van der Waals surface area contributed by atoms with Crippen LogP contribution in [0.15, 0.2) is 74.5 Å². The molecule has 4 rings (SSSR count). The largest absolute Gasteiger partial charge is 0.449 e. The third-order valence-electron chi connectivity index (χ3n) is 4.99. The fourth-order valence-corrected chi connectivity index (χ4v) is 4.88. The molecule has 13 heteroatoms. The van der Waals surface area contributed by atoms with Crippen molar-refractivity contribution in [3.05, 3.63) is 106 Å². The Labute approximate surface area is 224 Å². The molecule has 0 radical (unpaired) electrons. The van der Waals surface area contributed by atoms with Crippen molar-refractivity contribution in [3.63, 3.8) is 0 Å². The molecule has 1 heterocycles. The van der Waals surface area contributed by atoms with Crippen LogP contribution < -0.4 is 4.74 Å². The van der Waals surface area contributed by atoms with Crippen molar-refractivity contribution in [2.75, 3.05) is 0 Å². The van der Waals surface area contributed by atoms with Crippen LogP contribution in [0.5, 0.6) is 11.5 Å². The average Bonchev–Trinajstić information content (AvgIpc) is 3.09. The number of nitro groups is 2. The second kappa shape index (κ2) is 10.6. The topological polar surface area (TPSA) is 133 Å². The average molecular weight is 635 g/mol. The summed E-state index contributed by atoms with van der Waals surface area (Å²) in [7, 11) is 0. The molecular weight excluding hydrogens is 622 g/mol. The van der Waals surface area contributed by atoms with Crippen LogP contribution in [0.25, 0.3) is 6.08 Å². The molecule has 0 bridgehead atoms. The van der Waals surface area contributed by atoms with Gasteiger partial charge in [-0.1, -0.05) is 50.1 Å². The quantitative estimate of drug-likeness (QED) is 0.153. The van der Waals surface area contributed by atoms with E-state index < -0.39 is 32.4 Å². The highest BCUT2D eigenvalue weighted by Crippen LogP contribution is 2.39. The van der Waals surface area contributed by atoms with Crippen molar-refractivity contribution in [3.8, 4) is 11.5 Å². The minimum atomic E-state index is -0.784. The minimum absolute atomic E-state index is 0.0836. The smallest absolute Gasteiger partial charge is 0.318 e. The van der Waals surface area contributed by atoms with Gasteiger partial charge in [-0.25, -0.2) is 0 Å². The van der Waals surface area contributed by atoms with Gasteiger partial charge < -0.3 is 4.74 Å². The van der Waals surface area contributed by atoms with Crippen molar-refractivity contribution in [2.24, 2.45) is 0 Å². The number of halogens is 2. The van der Waals surface area contributed by atoms with E-state index in [2.05, 4.69) is 31.9 Å². The summed E-state index contributed by atoms with van der Waals surface area (Å²) in [5, 5.41) is 22.1. The van der Waals surface area contributed by atoms with Gasteiger partial charge in [-0.3, -0.25) is 34.7 Å². The number of amides is 2. The highest BCUT2D eigenvalue weighted by atomic mass is 79.9. The number of hydrogen-bond acceptors (Lipinski definition) is 8. The van der Waals surface area contributed by atoms with Crippen molar-refractivity contribution < 1.29 is 24.2 Å². The molecule has 3 aromatic carbocycles. The summed E-state index contributed by atoms with van der Waals surface area (Å²) in [4.78, 5) is 47.9. The predicted molar refractivity (Wildman–Crippen MR) is 140 cm³/mol. The Kier molecular flexibility index (Phi) is 7.52. The molecular formula is C23H13Br2N3O7S. The molecule has 0 N–H and O–H groups in total. The van der Waals surface area contributed by atoms with E-state index in [1.807, 2.05) is 12.1 Å². The van der Waals surface area contributed by atoms with Gasteiger partial charge in [0.15, 0.2) is 0 Å². The van der Waals surface area contributed by atoms with Gasteiger partial charge in [0.2, 0.25) is 5.75 Å². The molecule has 1 saturated heterocycles. The number of hydrogen-bond donors (Lipinski definition) is 0. The maximum atomic E-state index is 13.0. The number of rotatable bonds is 7. The van der Waals surface area contributed by atoms with Crippen LogP contribution in [-0.4, -0.2) is 25.9 Å². The molecule has 0 aliphatic carbocycles. The first-order chi connectivity index (χ1) is 17.1. The van der Waals surface area contributed by atoms with Crippen LogP contribution in [-0.2, 0) is 11.3 Å². The molecule has 1 fully saturated rings. The zero-order valence-electron chi connectivity index (χ0n) is 17.9. The Balaban J connectivity index is 1.66. The summed E-state index contributed by atoms with van der Waals surface area (Å²) in [6.07, 6.45) is 1.46. The highest BCUT2D eigenvalue weighted by molar-refractivity contribution is 9.10. The lowest BCUT2D eigenvalue weighted by Crippen LogP contribution is -2.27. The van der Waals surface area contributed by atoms with E-state index in [4.69, 9.17) is 4.74 Å². The van der Waals surface area contributed by atoms with Crippen LogP contribution in [0.1, 0.15) is 11.1 Å². The van der Waals surface area contributed by atoms with Crippen LogP contribution in [0, 0.1) is 20.2 Å². The first-order valence-electron chi connectivity index (χ1n) is 10.0.